The highest BCUT2D eigenvalue weighted by molar-refractivity contribution is 5.99. The molecule has 1 saturated carbocycles. The number of ether oxygens (including phenoxy) is 1. The van der Waals surface area contributed by atoms with Crippen LogP contribution in [0.4, 0.5) is 4.39 Å². The normalized spacial score (nSPS) is 23.7. The van der Waals surface area contributed by atoms with Gasteiger partial charge in [0.2, 0.25) is 0 Å². The Labute approximate surface area is 134 Å². The van der Waals surface area contributed by atoms with E-state index >= 15 is 0 Å². The lowest BCUT2D eigenvalue weighted by Gasteiger charge is -2.29. The average molecular weight is 321 g/mol. The van der Waals surface area contributed by atoms with Gasteiger partial charge in [0.25, 0.3) is 5.91 Å². The zero-order valence-corrected chi connectivity index (χ0v) is 13.0. The maximum Gasteiger partial charge on any atom is 0.306 e. The minimum absolute atomic E-state index is 0.0842. The molecule has 1 aliphatic heterocycles. The van der Waals surface area contributed by atoms with Gasteiger partial charge >= 0.3 is 5.97 Å². The molecule has 1 aromatic rings. The molecule has 3 rings (SSSR count). The zero-order valence-electron chi connectivity index (χ0n) is 13.0. The van der Waals surface area contributed by atoms with Gasteiger partial charge in [-0.15, -0.1) is 0 Å². The number of hydrogen-bond acceptors (Lipinski definition) is 3. The highest BCUT2D eigenvalue weighted by Crippen LogP contribution is 2.34. The highest BCUT2D eigenvalue weighted by atomic mass is 19.1. The molecule has 1 N–H and O–H groups in total. The van der Waals surface area contributed by atoms with Crippen LogP contribution in [-0.2, 0) is 11.3 Å². The van der Waals surface area contributed by atoms with Crippen molar-refractivity contribution in [3.8, 4) is 5.75 Å². The van der Waals surface area contributed by atoms with Gasteiger partial charge in [-0.3, -0.25) is 9.59 Å². The Morgan fingerprint density at radius 2 is 2.04 bits per heavy atom. The van der Waals surface area contributed by atoms with E-state index in [-0.39, 0.29) is 29.1 Å². The fourth-order valence-corrected chi connectivity index (χ4v) is 3.60. The zero-order chi connectivity index (χ0) is 16.6. The summed E-state index contributed by atoms with van der Waals surface area (Å²) in [6.45, 7) is 0.968. The van der Waals surface area contributed by atoms with Crippen LogP contribution in [0.3, 0.4) is 0 Å². The third-order valence-electron chi connectivity index (χ3n) is 4.95. The van der Waals surface area contributed by atoms with Crippen molar-refractivity contribution in [3.05, 3.63) is 29.1 Å². The van der Waals surface area contributed by atoms with Crippen molar-refractivity contribution in [3.63, 3.8) is 0 Å². The topological polar surface area (TPSA) is 66.8 Å². The van der Waals surface area contributed by atoms with Crippen LogP contribution in [-0.4, -0.2) is 35.5 Å². The summed E-state index contributed by atoms with van der Waals surface area (Å²) in [6, 6.07) is 3.28. The van der Waals surface area contributed by atoms with Crippen molar-refractivity contribution in [2.24, 2.45) is 11.8 Å². The second kappa shape index (κ2) is 6.18. The molecule has 0 atom stereocenters. The Hall–Kier alpha value is -2.11. The van der Waals surface area contributed by atoms with Crippen LogP contribution in [0, 0.1) is 17.7 Å². The first-order chi connectivity index (χ1) is 11.0. The van der Waals surface area contributed by atoms with E-state index in [2.05, 4.69) is 0 Å². The number of benzene rings is 1. The number of methoxy groups -OCH3 is 1. The van der Waals surface area contributed by atoms with Gasteiger partial charge in [-0.05, 0) is 43.2 Å². The smallest absolute Gasteiger partial charge is 0.306 e. The molecular weight excluding hydrogens is 301 g/mol. The van der Waals surface area contributed by atoms with Crippen LogP contribution < -0.4 is 4.74 Å². The van der Waals surface area contributed by atoms with Crippen molar-refractivity contribution in [2.75, 3.05) is 13.7 Å². The molecule has 0 unspecified atom stereocenters. The first-order valence-corrected chi connectivity index (χ1v) is 7.88. The van der Waals surface area contributed by atoms with Crippen molar-refractivity contribution < 1.29 is 23.8 Å². The van der Waals surface area contributed by atoms with E-state index in [9.17, 15) is 14.0 Å². The Balaban J connectivity index is 1.67. The fraction of sp³-hybridized carbons (Fsp3) is 0.529. The standard InChI is InChI=1S/C17H20FNO4/c1-23-13-7-6-12-9-19(16(20)14(12)15(13)18)8-10-2-4-11(5-3-10)17(21)22/h6-7,10-11H,2-5,8-9H2,1H3,(H,21,22)/t10-,11-. The predicted octanol–water partition coefficient (Wildman–Crippen LogP) is 2.68. The molecule has 2 aliphatic rings. The van der Waals surface area contributed by atoms with Gasteiger partial charge in [0.05, 0.1) is 18.6 Å². The summed E-state index contributed by atoms with van der Waals surface area (Å²) in [7, 11) is 1.38. The number of carboxylic acid groups (broad SMARTS) is 1. The fourth-order valence-electron chi connectivity index (χ4n) is 3.60. The first-order valence-electron chi connectivity index (χ1n) is 7.88. The van der Waals surface area contributed by atoms with E-state index in [1.165, 1.54) is 7.11 Å². The van der Waals surface area contributed by atoms with Gasteiger partial charge < -0.3 is 14.7 Å². The molecule has 0 aromatic heterocycles. The van der Waals surface area contributed by atoms with Crippen LogP contribution in [0.25, 0.3) is 0 Å². The van der Waals surface area contributed by atoms with E-state index in [1.54, 1.807) is 17.0 Å². The molecule has 124 valence electrons. The number of nitrogens with zero attached hydrogens (tertiary/aromatic N) is 1. The van der Waals surface area contributed by atoms with Gasteiger partial charge in [0.1, 0.15) is 0 Å². The van der Waals surface area contributed by atoms with Gasteiger partial charge in [-0.25, -0.2) is 4.39 Å². The average Bonchev–Trinajstić information content (AvgIpc) is 2.85. The molecule has 6 heteroatoms. The number of amides is 1. The second-order valence-corrected chi connectivity index (χ2v) is 6.36. The number of hydrogen-bond donors (Lipinski definition) is 1. The molecule has 1 fully saturated rings. The molecule has 5 nitrogen and oxygen atoms in total. The molecule has 1 amide bonds. The maximum absolute atomic E-state index is 14.3. The van der Waals surface area contributed by atoms with Gasteiger partial charge in [-0.2, -0.15) is 0 Å². The van der Waals surface area contributed by atoms with Crippen LogP contribution in [0.1, 0.15) is 41.6 Å². The van der Waals surface area contributed by atoms with Crippen LogP contribution >= 0.6 is 0 Å². The Bertz CT molecular complexity index is 638. The lowest BCUT2D eigenvalue weighted by Crippen LogP contribution is -2.33. The molecule has 0 bridgehead atoms. The summed E-state index contributed by atoms with van der Waals surface area (Å²) >= 11 is 0. The summed E-state index contributed by atoms with van der Waals surface area (Å²) in [5, 5.41) is 9.03. The number of carboxylic acids is 1. The van der Waals surface area contributed by atoms with E-state index in [1.807, 2.05) is 0 Å². The van der Waals surface area contributed by atoms with Crippen LogP contribution in [0.5, 0.6) is 5.75 Å². The van der Waals surface area contributed by atoms with E-state index in [0.717, 1.165) is 12.8 Å². The van der Waals surface area contributed by atoms with Crippen molar-refractivity contribution >= 4 is 11.9 Å². The minimum Gasteiger partial charge on any atom is -0.494 e. The van der Waals surface area contributed by atoms with E-state index in [4.69, 9.17) is 9.84 Å². The number of aliphatic carboxylic acids is 1. The lowest BCUT2D eigenvalue weighted by molar-refractivity contribution is -0.143. The second-order valence-electron chi connectivity index (χ2n) is 6.36. The highest BCUT2D eigenvalue weighted by Gasteiger charge is 2.34. The summed E-state index contributed by atoms with van der Waals surface area (Å²) in [4.78, 5) is 25.1. The third-order valence-corrected chi connectivity index (χ3v) is 4.95. The van der Waals surface area contributed by atoms with Crippen molar-refractivity contribution in [1.29, 1.82) is 0 Å². The summed E-state index contributed by atoms with van der Waals surface area (Å²) in [6.07, 6.45) is 2.89. The Kier molecular flexibility index (Phi) is 4.24. The monoisotopic (exact) mass is 321 g/mol. The quantitative estimate of drug-likeness (QED) is 0.926. The van der Waals surface area contributed by atoms with Gasteiger partial charge in [-0.1, -0.05) is 6.07 Å². The van der Waals surface area contributed by atoms with Gasteiger partial charge in [0, 0.05) is 13.1 Å². The number of carbonyl (C=O) groups excluding carboxylic acids is 1. The summed E-state index contributed by atoms with van der Waals surface area (Å²) < 4.78 is 19.2. The molecular formula is C17H20FNO4. The largest absolute Gasteiger partial charge is 0.494 e. The molecule has 0 radical (unpaired) electrons. The van der Waals surface area contributed by atoms with Crippen LogP contribution in [0.2, 0.25) is 0 Å². The maximum atomic E-state index is 14.3. The molecule has 1 aromatic carbocycles. The molecule has 1 aliphatic carbocycles. The predicted molar refractivity (Wildman–Crippen MR) is 80.8 cm³/mol. The minimum atomic E-state index is -0.734. The third kappa shape index (κ3) is 2.90. The molecule has 23 heavy (non-hydrogen) atoms. The summed E-state index contributed by atoms with van der Waals surface area (Å²) in [5.41, 5.74) is 0.802. The first kappa shape index (κ1) is 15.8. The number of carbonyl (C=O) groups is 2. The van der Waals surface area contributed by atoms with Crippen molar-refractivity contribution in [2.45, 2.75) is 32.2 Å². The van der Waals surface area contributed by atoms with Crippen molar-refractivity contribution in [1.82, 2.24) is 4.90 Å². The van der Waals surface area contributed by atoms with E-state index < -0.39 is 11.8 Å². The number of halogens is 1. The summed E-state index contributed by atoms with van der Waals surface area (Å²) in [5.74, 6) is -1.51. The Morgan fingerprint density at radius 1 is 1.35 bits per heavy atom. The number of rotatable bonds is 4. The Morgan fingerprint density at radius 3 is 2.65 bits per heavy atom. The molecule has 1 heterocycles. The number of fused-ring (bicyclic) bond motifs is 1. The lowest BCUT2D eigenvalue weighted by atomic mass is 9.82. The molecule has 0 saturated heterocycles. The SMILES string of the molecule is COc1ccc2c(c1F)C(=O)N(C[C@H]1CC[C@H](C(=O)O)CC1)C2. The molecule has 0 spiro atoms. The van der Waals surface area contributed by atoms with Crippen LogP contribution in [0.15, 0.2) is 12.1 Å². The van der Waals surface area contributed by atoms with Gasteiger partial charge in [0.15, 0.2) is 11.6 Å². The van der Waals surface area contributed by atoms with E-state index in [0.29, 0.717) is 31.5 Å².